The van der Waals surface area contributed by atoms with Gasteiger partial charge in [-0.1, -0.05) is 25.7 Å². The van der Waals surface area contributed by atoms with Gasteiger partial charge in [-0.25, -0.2) is 0 Å². The van der Waals surface area contributed by atoms with Gasteiger partial charge >= 0.3 is 0 Å². The molecule has 1 rings (SSSR count). The van der Waals surface area contributed by atoms with Crippen molar-refractivity contribution in [2.75, 3.05) is 6.54 Å². The summed E-state index contributed by atoms with van der Waals surface area (Å²) in [6.45, 7) is 7.00. The Bertz CT molecular complexity index is 178. The summed E-state index contributed by atoms with van der Waals surface area (Å²) in [5.74, 6) is 0.851. The zero-order valence-electron chi connectivity index (χ0n) is 11.3. The van der Waals surface area contributed by atoms with Crippen molar-refractivity contribution < 1.29 is 5.11 Å². The van der Waals surface area contributed by atoms with Gasteiger partial charge in [0.05, 0.1) is 5.60 Å². The van der Waals surface area contributed by atoms with E-state index in [1.807, 2.05) is 13.8 Å². The predicted octanol–water partition coefficient (Wildman–Crippen LogP) is 3.10. The predicted molar refractivity (Wildman–Crippen MR) is 69.6 cm³/mol. The van der Waals surface area contributed by atoms with E-state index < -0.39 is 5.60 Å². The SMILES string of the molecule is C[C@H](NCCC(C)(C)O)C1CCCCCC1. The topological polar surface area (TPSA) is 32.3 Å². The van der Waals surface area contributed by atoms with Crippen molar-refractivity contribution in [1.82, 2.24) is 5.32 Å². The molecule has 0 aromatic rings. The first-order valence-electron chi connectivity index (χ1n) is 6.95. The van der Waals surface area contributed by atoms with Crippen LogP contribution in [0.25, 0.3) is 0 Å². The quantitative estimate of drug-likeness (QED) is 0.707. The zero-order chi connectivity index (χ0) is 12.0. The molecule has 0 heterocycles. The van der Waals surface area contributed by atoms with Crippen LogP contribution >= 0.6 is 0 Å². The van der Waals surface area contributed by atoms with E-state index in [2.05, 4.69) is 12.2 Å². The molecule has 2 heteroatoms. The second-order valence-electron chi connectivity index (χ2n) is 6.06. The molecule has 0 aromatic heterocycles. The number of hydrogen-bond donors (Lipinski definition) is 2. The molecule has 0 saturated heterocycles. The Morgan fingerprint density at radius 1 is 1.19 bits per heavy atom. The Morgan fingerprint density at radius 2 is 1.75 bits per heavy atom. The minimum atomic E-state index is -0.532. The molecule has 0 spiro atoms. The minimum Gasteiger partial charge on any atom is -0.390 e. The monoisotopic (exact) mass is 227 g/mol. The fraction of sp³-hybridized carbons (Fsp3) is 1.00. The summed E-state index contributed by atoms with van der Waals surface area (Å²) in [5, 5.41) is 13.2. The summed E-state index contributed by atoms with van der Waals surface area (Å²) < 4.78 is 0. The van der Waals surface area contributed by atoms with Gasteiger partial charge in [-0.05, 0) is 52.5 Å². The van der Waals surface area contributed by atoms with Gasteiger partial charge in [-0.15, -0.1) is 0 Å². The Morgan fingerprint density at radius 3 is 2.25 bits per heavy atom. The molecular formula is C14H29NO. The van der Waals surface area contributed by atoms with Crippen molar-refractivity contribution >= 4 is 0 Å². The van der Waals surface area contributed by atoms with Crippen LogP contribution in [0.3, 0.4) is 0 Å². The first kappa shape index (κ1) is 14.0. The van der Waals surface area contributed by atoms with Crippen LogP contribution in [0.15, 0.2) is 0 Å². The molecule has 0 bridgehead atoms. The van der Waals surface area contributed by atoms with Crippen LogP contribution in [0.1, 0.15) is 65.7 Å². The van der Waals surface area contributed by atoms with Crippen molar-refractivity contribution in [2.24, 2.45) is 5.92 Å². The summed E-state index contributed by atoms with van der Waals surface area (Å²) in [6, 6.07) is 0.612. The van der Waals surface area contributed by atoms with Crippen LogP contribution in [0.2, 0.25) is 0 Å². The van der Waals surface area contributed by atoms with Gasteiger partial charge in [-0.2, -0.15) is 0 Å². The van der Waals surface area contributed by atoms with Crippen LogP contribution in [0.4, 0.5) is 0 Å². The molecule has 0 radical (unpaired) electrons. The third kappa shape index (κ3) is 5.86. The molecule has 96 valence electrons. The highest BCUT2D eigenvalue weighted by molar-refractivity contribution is 4.76. The van der Waals surface area contributed by atoms with Gasteiger partial charge in [0.25, 0.3) is 0 Å². The highest BCUT2D eigenvalue weighted by atomic mass is 16.3. The van der Waals surface area contributed by atoms with Gasteiger partial charge in [0.15, 0.2) is 0 Å². The maximum absolute atomic E-state index is 9.65. The van der Waals surface area contributed by atoms with Crippen LogP contribution in [0, 0.1) is 5.92 Å². The normalized spacial score (nSPS) is 21.8. The van der Waals surface area contributed by atoms with Gasteiger partial charge in [0.1, 0.15) is 0 Å². The number of nitrogens with one attached hydrogen (secondary N) is 1. The average molecular weight is 227 g/mol. The lowest BCUT2D eigenvalue weighted by Gasteiger charge is -2.25. The molecule has 16 heavy (non-hydrogen) atoms. The lowest BCUT2D eigenvalue weighted by atomic mass is 9.92. The molecule has 2 nitrogen and oxygen atoms in total. The second-order valence-corrected chi connectivity index (χ2v) is 6.06. The Labute approximate surface area is 101 Å². The molecule has 1 fully saturated rings. The molecule has 1 saturated carbocycles. The molecule has 1 aliphatic carbocycles. The maximum Gasteiger partial charge on any atom is 0.0603 e. The van der Waals surface area contributed by atoms with Crippen LogP contribution in [-0.4, -0.2) is 23.3 Å². The standard InChI is InChI=1S/C14H29NO/c1-12(15-11-10-14(2,3)16)13-8-6-4-5-7-9-13/h12-13,15-16H,4-11H2,1-3H3/t12-/m0/s1. The van der Waals surface area contributed by atoms with Gasteiger partial charge in [0.2, 0.25) is 0 Å². The number of aliphatic hydroxyl groups is 1. The molecule has 1 aliphatic rings. The van der Waals surface area contributed by atoms with Crippen LogP contribution in [-0.2, 0) is 0 Å². The smallest absolute Gasteiger partial charge is 0.0603 e. The van der Waals surface area contributed by atoms with Crippen molar-refractivity contribution in [3.8, 4) is 0 Å². The Balaban J connectivity index is 2.20. The average Bonchev–Trinajstić information content (AvgIpc) is 2.43. The van der Waals surface area contributed by atoms with Crippen LogP contribution < -0.4 is 5.32 Å². The lowest BCUT2D eigenvalue weighted by molar-refractivity contribution is 0.0697. The minimum absolute atomic E-state index is 0.532. The maximum atomic E-state index is 9.65. The van der Waals surface area contributed by atoms with E-state index in [0.717, 1.165) is 18.9 Å². The first-order chi connectivity index (χ1) is 7.49. The molecule has 1 atom stereocenters. The zero-order valence-corrected chi connectivity index (χ0v) is 11.3. The highest BCUT2D eigenvalue weighted by Crippen LogP contribution is 2.25. The van der Waals surface area contributed by atoms with Gasteiger partial charge in [-0.3, -0.25) is 0 Å². The van der Waals surface area contributed by atoms with Crippen molar-refractivity contribution in [1.29, 1.82) is 0 Å². The third-order valence-corrected chi connectivity index (χ3v) is 3.81. The summed E-state index contributed by atoms with van der Waals surface area (Å²) in [6.07, 6.45) is 9.27. The second kappa shape index (κ2) is 6.61. The van der Waals surface area contributed by atoms with Crippen molar-refractivity contribution in [2.45, 2.75) is 77.4 Å². The lowest BCUT2D eigenvalue weighted by Crippen LogP contribution is -2.36. The Hall–Kier alpha value is -0.0800. The molecule has 0 aromatic carbocycles. The molecule has 0 amide bonds. The van der Waals surface area contributed by atoms with Gasteiger partial charge in [0, 0.05) is 6.04 Å². The van der Waals surface area contributed by atoms with E-state index >= 15 is 0 Å². The van der Waals surface area contributed by atoms with E-state index in [4.69, 9.17) is 0 Å². The fourth-order valence-electron chi connectivity index (χ4n) is 2.58. The highest BCUT2D eigenvalue weighted by Gasteiger charge is 2.19. The number of hydrogen-bond acceptors (Lipinski definition) is 2. The summed E-state index contributed by atoms with van der Waals surface area (Å²) in [5.41, 5.74) is -0.532. The molecular weight excluding hydrogens is 198 g/mol. The van der Waals surface area contributed by atoms with E-state index in [-0.39, 0.29) is 0 Å². The Kier molecular flexibility index (Phi) is 5.77. The third-order valence-electron chi connectivity index (χ3n) is 3.81. The van der Waals surface area contributed by atoms with E-state index in [1.165, 1.54) is 38.5 Å². The van der Waals surface area contributed by atoms with E-state index in [0.29, 0.717) is 6.04 Å². The molecule has 0 aliphatic heterocycles. The number of rotatable bonds is 5. The van der Waals surface area contributed by atoms with E-state index in [1.54, 1.807) is 0 Å². The molecule has 2 N–H and O–H groups in total. The van der Waals surface area contributed by atoms with Crippen LogP contribution in [0.5, 0.6) is 0 Å². The summed E-state index contributed by atoms with van der Waals surface area (Å²) >= 11 is 0. The van der Waals surface area contributed by atoms with Crippen molar-refractivity contribution in [3.63, 3.8) is 0 Å². The fourth-order valence-corrected chi connectivity index (χ4v) is 2.58. The van der Waals surface area contributed by atoms with Crippen molar-refractivity contribution in [3.05, 3.63) is 0 Å². The summed E-state index contributed by atoms with van der Waals surface area (Å²) in [4.78, 5) is 0. The first-order valence-corrected chi connectivity index (χ1v) is 6.95. The molecule has 0 unspecified atom stereocenters. The summed E-state index contributed by atoms with van der Waals surface area (Å²) in [7, 11) is 0. The van der Waals surface area contributed by atoms with Gasteiger partial charge < -0.3 is 10.4 Å². The largest absolute Gasteiger partial charge is 0.390 e. The van der Waals surface area contributed by atoms with E-state index in [9.17, 15) is 5.11 Å².